The average Bonchev–Trinajstić information content (AvgIpc) is 2.63. The molecule has 14 heavy (non-hydrogen) atoms. The molecule has 0 amide bonds. The van der Waals surface area contributed by atoms with E-state index in [1.54, 1.807) is 0 Å². The van der Waals surface area contributed by atoms with Crippen LogP contribution in [0.2, 0.25) is 0 Å². The molecule has 3 atom stereocenters. The van der Waals surface area contributed by atoms with E-state index >= 15 is 0 Å². The molecule has 0 aromatic heterocycles. The van der Waals surface area contributed by atoms with Gasteiger partial charge in [-0.15, -0.1) is 0 Å². The molecule has 1 aliphatic carbocycles. The molecule has 0 aromatic carbocycles. The summed E-state index contributed by atoms with van der Waals surface area (Å²) in [4.78, 5) is 0. The van der Waals surface area contributed by atoms with Crippen molar-refractivity contribution >= 4 is 0 Å². The van der Waals surface area contributed by atoms with Gasteiger partial charge in [0.15, 0.2) is 0 Å². The highest BCUT2D eigenvalue weighted by Crippen LogP contribution is 2.35. The summed E-state index contributed by atoms with van der Waals surface area (Å²) in [5, 5.41) is 14.1. The molecule has 2 nitrogen and oxygen atoms in total. The molecule has 2 heteroatoms. The van der Waals surface area contributed by atoms with Crippen LogP contribution in [-0.2, 0) is 0 Å². The topological polar surface area (TPSA) is 32.3 Å². The van der Waals surface area contributed by atoms with E-state index in [1.807, 2.05) is 0 Å². The third-order valence-electron chi connectivity index (χ3n) is 4.09. The quantitative estimate of drug-likeness (QED) is 0.631. The minimum Gasteiger partial charge on any atom is -0.388 e. The van der Waals surface area contributed by atoms with Crippen molar-refractivity contribution in [3.8, 4) is 0 Å². The van der Waals surface area contributed by atoms with Crippen molar-refractivity contribution in [2.24, 2.45) is 5.92 Å². The molecule has 1 saturated carbocycles. The van der Waals surface area contributed by atoms with Gasteiger partial charge in [-0.3, -0.25) is 0 Å². The summed E-state index contributed by atoms with van der Waals surface area (Å²) in [5.41, 5.74) is -0.388. The van der Waals surface area contributed by atoms with Crippen molar-refractivity contribution in [2.45, 2.75) is 63.5 Å². The van der Waals surface area contributed by atoms with E-state index in [0.29, 0.717) is 6.04 Å². The van der Waals surface area contributed by atoms with E-state index in [2.05, 4.69) is 12.2 Å². The van der Waals surface area contributed by atoms with E-state index in [1.165, 1.54) is 32.1 Å². The lowest BCUT2D eigenvalue weighted by Gasteiger charge is -2.33. The zero-order valence-electron chi connectivity index (χ0n) is 9.26. The minimum absolute atomic E-state index is 0.382. The highest BCUT2D eigenvalue weighted by molar-refractivity contribution is 4.95. The molecule has 2 aliphatic rings. The van der Waals surface area contributed by atoms with Gasteiger partial charge in [-0.1, -0.05) is 19.8 Å². The first-order chi connectivity index (χ1) is 6.71. The molecule has 2 fully saturated rings. The van der Waals surface area contributed by atoms with Gasteiger partial charge < -0.3 is 10.4 Å². The molecule has 2 rings (SSSR count). The third kappa shape index (κ3) is 2.12. The van der Waals surface area contributed by atoms with Crippen molar-refractivity contribution in [2.75, 3.05) is 6.54 Å². The van der Waals surface area contributed by atoms with E-state index in [9.17, 15) is 5.11 Å². The maximum Gasteiger partial charge on any atom is 0.0800 e. The largest absolute Gasteiger partial charge is 0.388 e. The summed E-state index contributed by atoms with van der Waals surface area (Å²) in [6.45, 7) is 3.41. The highest BCUT2D eigenvalue weighted by atomic mass is 16.3. The third-order valence-corrected chi connectivity index (χ3v) is 4.09. The Morgan fingerprint density at radius 3 is 2.71 bits per heavy atom. The maximum atomic E-state index is 10.6. The first-order valence-corrected chi connectivity index (χ1v) is 6.16. The van der Waals surface area contributed by atoms with Crippen LogP contribution in [0, 0.1) is 5.92 Å². The molecule has 82 valence electrons. The summed E-state index contributed by atoms with van der Waals surface area (Å²) in [6.07, 6.45) is 8.13. The SMILES string of the molecule is CC1CCCC(O)(C2CCCN2)CC1. The van der Waals surface area contributed by atoms with Crippen molar-refractivity contribution in [1.82, 2.24) is 5.32 Å². The van der Waals surface area contributed by atoms with Gasteiger partial charge >= 0.3 is 0 Å². The van der Waals surface area contributed by atoms with Gasteiger partial charge in [-0.05, 0) is 44.6 Å². The summed E-state index contributed by atoms with van der Waals surface area (Å²) in [6, 6.07) is 0.382. The molecule has 0 radical (unpaired) electrons. The van der Waals surface area contributed by atoms with Crippen LogP contribution in [0.4, 0.5) is 0 Å². The Labute approximate surface area is 87.1 Å². The molecule has 0 bridgehead atoms. The summed E-state index contributed by atoms with van der Waals surface area (Å²) < 4.78 is 0. The smallest absolute Gasteiger partial charge is 0.0800 e. The van der Waals surface area contributed by atoms with Crippen LogP contribution in [0.25, 0.3) is 0 Å². The molecule has 0 spiro atoms. The molecule has 0 aromatic rings. The predicted octanol–water partition coefficient (Wildman–Crippen LogP) is 2.07. The van der Waals surface area contributed by atoms with Crippen LogP contribution < -0.4 is 5.32 Å². The zero-order valence-corrected chi connectivity index (χ0v) is 9.26. The number of hydrogen-bond acceptors (Lipinski definition) is 2. The standard InChI is InChI=1S/C12H23NO/c1-10-4-2-7-12(14,8-6-10)11-5-3-9-13-11/h10-11,13-14H,2-9H2,1H3. The van der Waals surface area contributed by atoms with Gasteiger partial charge in [0.25, 0.3) is 0 Å². The van der Waals surface area contributed by atoms with Gasteiger partial charge in [0.1, 0.15) is 0 Å². The lowest BCUT2D eigenvalue weighted by molar-refractivity contribution is -0.00729. The Balaban J connectivity index is 1.98. The van der Waals surface area contributed by atoms with Crippen molar-refractivity contribution in [1.29, 1.82) is 0 Å². The molecule has 3 unspecified atom stereocenters. The second-order valence-electron chi connectivity index (χ2n) is 5.29. The normalized spacial score (nSPS) is 45.0. The first-order valence-electron chi connectivity index (χ1n) is 6.16. The number of aliphatic hydroxyl groups is 1. The molecular formula is C12H23NO. The highest BCUT2D eigenvalue weighted by Gasteiger charge is 2.38. The van der Waals surface area contributed by atoms with Crippen LogP contribution in [0.1, 0.15) is 51.9 Å². The molecule has 1 aliphatic heterocycles. The summed E-state index contributed by atoms with van der Waals surface area (Å²) >= 11 is 0. The average molecular weight is 197 g/mol. The monoisotopic (exact) mass is 197 g/mol. The van der Waals surface area contributed by atoms with Crippen LogP contribution in [0.5, 0.6) is 0 Å². The van der Waals surface area contributed by atoms with Gasteiger partial charge in [-0.2, -0.15) is 0 Å². The summed E-state index contributed by atoms with van der Waals surface area (Å²) in [7, 11) is 0. The fraction of sp³-hybridized carbons (Fsp3) is 1.00. The van der Waals surface area contributed by atoms with Crippen LogP contribution in [0.3, 0.4) is 0 Å². The predicted molar refractivity (Wildman–Crippen MR) is 58.2 cm³/mol. The Morgan fingerprint density at radius 2 is 2.00 bits per heavy atom. The maximum absolute atomic E-state index is 10.6. The number of rotatable bonds is 1. The van der Waals surface area contributed by atoms with Gasteiger partial charge in [0.05, 0.1) is 5.60 Å². The fourth-order valence-corrected chi connectivity index (χ4v) is 3.01. The van der Waals surface area contributed by atoms with E-state index < -0.39 is 0 Å². The Bertz CT molecular complexity index is 189. The van der Waals surface area contributed by atoms with Crippen LogP contribution >= 0.6 is 0 Å². The zero-order chi connectivity index (χ0) is 10.0. The Morgan fingerprint density at radius 1 is 1.14 bits per heavy atom. The first kappa shape index (κ1) is 10.4. The molecular weight excluding hydrogens is 174 g/mol. The fourth-order valence-electron chi connectivity index (χ4n) is 3.01. The van der Waals surface area contributed by atoms with Crippen LogP contribution in [-0.4, -0.2) is 23.3 Å². The van der Waals surface area contributed by atoms with Gasteiger partial charge in [0, 0.05) is 6.04 Å². The molecule has 1 saturated heterocycles. The lowest BCUT2D eigenvalue weighted by atomic mass is 9.85. The second-order valence-corrected chi connectivity index (χ2v) is 5.29. The second kappa shape index (κ2) is 4.19. The van der Waals surface area contributed by atoms with E-state index in [0.717, 1.165) is 25.3 Å². The minimum atomic E-state index is -0.388. The van der Waals surface area contributed by atoms with E-state index in [-0.39, 0.29) is 5.60 Å². The lowest BCUT2D eigenvalue weighted by Crippen LogP contribution is -2.47. The summed E-state index contributed by atoms with van der Waals surface area (Å²) in [5.74, 6) is 0.811. The molecule has 2 N–H and O–H groups in total. The Hall–Kier alpha value is -0.0800. The number of hydrogen-bond donors (Lipinski definition) is 2. The van der Waals surface area contributed by atoms with Gasteiger partial charge in [-0.25, -0.2) is 0 Å². The van der Waals surface area contributed by atoms with Crippen molar-refractivity contribution in [3.63, 3.8) is 0 Å². The van der Waals surface area contributed by atoms with Gasteiger partial charge in [0.2, 0.25) is 0 Å². The molecule has 1 heterocycles. The Kier molecular flexibility index (Phi) is 3.13. The van der Waals surface area contributed by atoms with E-state index in [4.69, 9.17) is 0 Å². The van der Waals surface area contributed by atoms with Crippen molar-refractivity contribution in [3.05, 3.63) is 0 Å². The van der Waals surface area contributed by atoms with Crippen molar-refractivity contribution < 1.29 is 5.11 Å². The number of nitrogens with one attached hydrogen (secondary N) is 1. The van der Waals surface area contributed by atoms with Crippen LogP contribution in [0.15, 0.2) is 0 Å².